The molecule has 14 nitrogen and oxygen atoms in total. The van der Waals surface area contributed by atoms with E-state index in [4.69, 9.17) is 19.9 Å². The molecule has 0 saturated carbocycles. The summed E-state index contributed by atoms with van der Waals surface area (Å²) in [6.45, 7) is 0.824. The zero-order chi connectivity index (χ0) is 28.0. The molecule has 1 heterocycles. The molecule has 2 amide bonds. The van der Waals surface area contributed by atoms with Crippen LogP contribution in [0.25, 0.3) is 11.0 Å². The number of imidazole rings is 1. The van der Waals surface area contributed by atoms with Gasteiger partial charge < -0.3 is 24.8 Å². The summed E-state index contributed by atoms with van der Waals surface area (Å²) >= 11 is 0. The van der Waals surface area contributed by atoms with Crippen molar-refractivity contribution in [1.82, 2.24) is 14.0 Å². The van der Waals surface area contributed by atoms with Crippen molar-refractivity contribution in [1.29, 1.82) is 0 Å². The molecule has 3 rings (SSSR count). The normalized spacial score (nSPS) is 11.6. The SMILES string of the molecule is CCOC(=O)Cn1c(=O)n(C(CN(C=O)Cc2cc(OC)cc(OC)c2)C(N)=O)c2cc([N+](=O)[O-])ccc21. The number of ether oxygens (including phenoxy) is 3. The van der Waals surface area contributed by atoms with Gasteiger partial charge >= 0.3 is 11.7 Å². The van der Waals surface area contributed by atoms with Crippen molar-refractivity contribution in [3.8, 4) is 11.5 Å². The fourth-order valence-corrected chi connectivity index (χ4v) is 4.03. The highest BCUT2D eigenvalue weighted by atomic mass is 16.6. The zero-order valence-electron chi connectivity index (χ0n) is 21.0. The van der Waals surface area contributed by atoms with Crippen LogP contribution in [0.15, 0.2) is 41.2 Å². The Hall–Kier alpha value is -4.88. The molecule has 0 aliphatic heterocycles. The molecular formula is C24H27N5O9. The molecule has 0 spiro atoms. The highest BCUT2D eigenvalue weighted by Gasteiger charge is 2.29. The largest absolute Gasteiger partial charge is 0.497 e. The first-order valence-corrected chi connectivity index (χ1v) is 11.4. The highest BCUT2D eigenvalue weighted by Crippen LogP contribution is 2.26. The first kappa shape index (κ1) is 27.7. The van der Waals surface area contributed by atoms with Crippen molar-refractivity contribution in [2.45, 2.75) is 26.1 Å². The molecule has 38 heavy (non-hydrogen) atoms. The van der Waals surface area contributed by atoms with Crippen LogP contribution in [0.4, 0.5) is 5.69 Å². The second-order valence-corrected chi connectivity index (χ2v) is 8.15. The summed E-state index contributed by atoms with van der Waals surface area (Å²) in [5.74, 6) is -0.739. The van der Waals surface area contributed by atoms with E-state index in [1.165, 1.54) is 31.3 Å². The van der Waals surface area contributed by atoms with Gasteiger partial charge in [-0.2, -0.15) is 0 Å². The number of carbonyl (C=O) groups excluding carboxylic acids is 3. The number of amides is 2. The van der Waals surface area contributed by atoms with E-state index in [0.29, 0.717) is 23.5 Å². The number of methoxy groups -OCH3 is 2. The first-order valence-electron chi connectivity index (χ1n) is 11.4. The molecule has 0 bridgehead atoms. The topological polar surface area (TPSA) is 178 Å². The van der Waals surface area contributed by atoms with Gasteiger partial charge in [-0.1, -0.05) is 0 Å². The molecule has 0 saturated heterocycles. The lowest BCUT2D eigenvalue weighted by atomic mass is 10.1. The van der Waals surface area contributed by atoms with Crippen LogP contribution in [-0.2, 0) is 32.2 Å². The molecule has 2 N–H and O–H groups in total. The molecule has 2 aromatic carbocycles. The Labute approximate surface area is 216 Å². The Bertz CT molecular complexity index is 1410. The molecular weight excluding hydrogens is 502 g/mol. The van der Waals surface area contributed by atoms with Crippen LogP contribution < -0.4 is 20.9 Å². The second-order valence-electron chi connectivity index (χ2n) is 8.15. The van der Waals surface area contributed by atoms with Crippen LogP contribution in [0.5, 0.6) is 11.5 Å². The third kappa shape index (κ3) is 5.91. The van der Waals surface area contributed by atoms with E-state index in [0.717, 1.165) is 15.2 Å². The van der Waals surface area contributed by atoms with Crippen molar-refractivity contribution in [3.05, 3.63) is 62.6 Å². The fourth-order valence-electron chi connectivity index (χ4n) is 4.03. The minimum atomic E-state index is -1.42. The number of primary amides is 1. The average molecular weight is 530 g/mol. The van der Waals surface area contributed by atoms with Gasteiger partial charge in [0.25, 0.3) is 5.69 Å². The van der Waals surface area contributed by atoms with Crippen LogP contribution in [0, 0.1) is 10.1 Å². The van der Waals surface area contributed by atoms with Gasteiger partial charge in [0.05, 0.1) is 43.3 Å². The van der Waals surface area contributed by atoms with Crippen molar-refractivity contribution in [2.75, 3.05) is 27.4 Å². The molecule has 14 heteroatoms. The van der Waals surface area contributed by atoms with Gasteiger partial charge in [-0.3, -0.25) is 33.6 Å². The number of hydrogen-bond acceptors (Lipinski definition) is 9. The minimum absolute atomic E-state index is 0.00277. The van der Waals surface area contributed by atoms with Crippen LogP contribution in [-0.4, -0.2) is 64.6 Å². The van der Waals surface area contributed by atoms with Crippen LogP contribution in [0.1, 0.15) is 18.5 Å². The van der Waals surface area contributed by atoms with Gasteiger partial charge in [-0.15, -0.1) is 0 Å². The monoisotopic (exact) mass is 529 g/mol. The van der Waals surface area contributed by atoms with E-state index in [2.05, 4.69) is 0 Å². The summed E-state index contributed by atoms with van der Waals surface area (Å²) in [4.78, 5) is 62.2. The lowest BCUT2D eigenvalue weighted by Crippen LogP contribution is -2.41. The van der Waals surface area contributed by atoms with Crippen LogP contribution >= 0.6 is 0 Å². The summed E-state index contributed by atoms with van der Waals surface area (Å²) in [6, 6.07) is 7.12. The van der Waals surface area contributed by atoms with Crippen LogP contribution in [0.2, 0.25) is 0 Å². The number of benzene rings is 2. The van der Waals surface area contributed by atoms with Gasteiger partial charge in [0.15, 0.2) is 0 Å². The number of nitro benzene ring substituents is 1. The number of hydrogen-bond donors (Lipinski definition) is 1. The lowest BCUT2D eigenvalue weighted by molar-refractivity contribution is -0.384. The third-order valence-corrected chi connectivity index (χ3v) is 5.74. The van der Waals surface area contributed by atoms with E-state index >= 15 is 0 Å². The van der Waals surface area contributed by atoms with Gasteiger partial charge in [-0.25, -0.2) is 4.79 Å². The number of non-ortho nitro benzene ring substituents is 1. The molecule has 0 aliphatic rings. The predicted octanol–water partition coefficient (Wildman–Crippen LogP) is 0.977. The Morgan fingerprint density at radius 2 is 1.79 bits per heavy atom. The second kappa shape index (κ2) is 11.9. The minimum Gasteiger partial charge on any atom is -0.497 e. The number of rotatable bonds is 13. The van der Waals surface area contributed by atoms with Crippen LogP contribution in [0.3, 0.4) is 0 Å². The third-order valence-electron chi connectivity index (χ3n) is 5.74. The van der Waals surface area contributed by atoms with Gasteiger partial charge in [0.2, 0.25) is 12.3 Å². The van der Waals surface area contributed by atoms with Crippen molar-refractivity contribution in [2.24, 2.45) is 5.73 Å². The molecule has 1 aromatic heterocycles. The highest BCUT2D eigenvalue weighted by molar-refractivity contribution is 5.85. The van der Waals surface area contributed by atoms with E-state index in [1.54, 1.807) is 25.1 Å². The molecule has 3 aromatic rings. The summed E-state index contributed by atoms with van der Waals surface area (Å²) in [5.41, 5.74) is 5.22. The summed E-state index contributed by atoms with van der Waals surface area (Å²) in [6.07, 6.45) is 0.479. The van der Waals surface area contributed by atoms with E-state index < -0.39 is 35.1 Å². The molecule has 202 valence electrons. The number of aromatic nitrogens is 2. The Morgan fingerprint density at radius 3 is 2.32 bits per heavy atom. The van der Waals surface area contributed by atoms with E-state index in [9.17, 15) is 29.3 Å². The van der Waals surface area contributed by atoms with Crippen molar-refractivity contribution >= 4 is 35.0 Å². The smallest absolute Gasteiger partial charge is 0.330 e. The summed E-state index contributed by atoms with van der Waals surface area (Å²) in [7, 11) is 2.94. The first-order chi connectivity index (χ1) is 18.1. The maximum atomic E-state index is 13.5. The van der Waals surface area contributed by atoms with E-state index in [-0.39, 0.29) is 36.4 Å². The fraction of sp³-hybridized carbons (Fsp3) is 0.333. The van der Waals surface area contributed by atoms with Crippen molar-refractivity contribution in [3.63, 3.8) is 0 Å². The number of fused-ring (bicyclic) bond motifs is 1. The number of nitro groups is 1. The quantitative estimate of drug-likeness (QED) is 0.146. The standard InChI is InChI=1S/C24H27N5O9/c1-4-38-22(31)13-27-19-6-5-16(29(34)35)9-20(19)28(24(27)33)21(23(25)32)12-26(14-30)11-15-7-17(36-2)10-18(8-15)37-3/h5-10,14,21H,4,11-13H2,1-3H3,(H2,25,32). The number of carbonyl (C=O) groups is 3. The molecule has 0 fully saturated rings. The summed E-state index contributed by atoms with van der Waals surface area (Å²) < 4.78 is 17.4. The number of esters is 1. The number of nitrogens with zero attached hydrogens (tertiary/aromatic N) is 4. The molecule has 1 unspecified atom stereocenters. The Kier molecular flexibility index (Phi) is 8.68. The maximum absolute atomic E-state index is 13.5. The van der Waals surface area contributed by atoms with Gasteiger partial charge in [0.1, 0.15) is 24.1 Å². The molecule has 1 atom stereocenters. The average Bonchev–Trinajstić information content (AvgIpc) is 3.16. The molecule has 0 radical (unpaired) electrons. The van der Waals surface area contributed by atoms with Gasteiger partial charge in [-0.05, 0) is 30.7 Å². The predicted molar refractivity (Wildman–Crippen MR) is 134 cm³/mol. The molecule has 0 aliphatic carbocycles. The van der Waals surface area contributed by atoms with Gasteiger partial charge in [0, 0.05) is 24.7 Å². The maximum Gasteiger partial charge on any atom is 0.330 e. The van der Waals surface area contributed by atoms with E-state index in [1.807, 2.05) is 0 Å². The Balaban J connectivity index is 2.09. The Morgan fingerprint density at radius 1 is 1.13 bits per heavy atom. The summed E-state index contributed by atoms with van der Waals surface area (Å²) in [5, 5.41) is 11.4. The number of nitrogens with two attached hydrogens (primary N) is 1. The zero-order valence-corrected chi connectivity index (χ0v) is 21.0. The lowest BCUT2D eigenvalue weighted by Gasteiger charge is -2.24. The van der Waals surface area contributed by atoms with Crippen molar-refractivity contribution < 1.29 is 33.5 Å².